The Labute approximate surface area is 115 Å². The lowest BCUT2D eigenvalue weighted by Crippen LogP contribution is -2.11. The van der Waals surface area contributed by atoms with Crippen molar-refractivity contribution >= 4 is 0 Å². The Kier molecular flexibility index (Phi) is 3.77. The molecule has 1 nitrogen and oxygen atoms in total. The van der Waals surface area contributed by atoms with E-state index in [1.807, 2.05) is 43.3 Å². The summed E-state index contributed by atoms with van der Waals surface area (Å²) in [6.07, 6.45) is -0.547. The number of hydrogen-bond donors (Lipinski definition) is 1. The Morgan fingerprint density at radius 2 is 1.21 bits per heavy atom. The van der Waals surface area contributed by atoms with Crippen molar-refractivity contribution in [3.05, 3.63) is 70.8 Å². The van der Waals surface area contributed by atoms with Gasteiger partial charge in [-0.2, -0.15) is 0 Å². The fourth-order valence-corrected chi connectivity index (χ4v) is 2.11. The lowest BCUT2D eigenvalue weighted by molar-refractivity contribution is 0.220. The largest absolute Gasteiger partial charge is 0.384 e. The van der Waals surface area contributed by atoms with Crippen molar-refractivity contribution in [3.8, 4) is 0 Å². The number of aliphatic hydroxyl groups is 1. The number of aryl methyl sites for hydroxylation is 1. The molecular formula is C18H22O. The van der Waals surface area contributed by atoms with Gasteiger partial charge in [-0.05, 0) is 29.0 Å². The van der Waals surface area contributed by atoms with Gasteiger partial charge in [0.2, 0.25) is 0 Å². The minimum Gasteiger partial charge on any atom is -0.384 e. The molecule has 2 rings (SSSR count). The molecule has 0 unspecified atom stereocenters. The van der Waals surface area contributed by atoms with Crippen LogP contribution < -0.4 is 0 Å². The van der Waals surface area contributed by atoms with Crippen molar-refractivity contribution < 1.29 is 5.11 Å². The second-order valence-corrected chi connectivity index (χ2v) is 6.19. The first kappa shape index (κ1) is 13.8. The smallest absolute Gasteiger partial charge is 0.104 e. The fraction of sp³-hybridized carbons (Fsp3) is 0.333. The third-order valence-corrected chi connectivity index (χ3v) is 3.49. The Hall–Kier alpha value is -1.60. The van der Waals surface area contributed by atoms with Gasteiger partial charge < -0.3 is 5.11 Å². The minimum absolute atomic E-state index is 0.146. The SMILES string of the molecule is Cc1ccc([C@H](O)c2ccc(C(C)(C)C)cc2)cc1. The van der Waals surface area contributed by atoms with Crippen LogP contribution in [-0.2, 0) is 5.41 Å². The highest BCUT2D eigenvalue weighted by Crippen LogP contribution is 2.26. The predicted octanol–water partition coefficient (Wildman–Crippen LogP) is 4.37. The van der Waals surface area contributed by atoms with Gasteiger partial charge in [-0.25, -0.2) is 0 Å². The molecule has 0 aliphatic heterocycles. The molecule has 2 aromatic rings. The van der Waals surface area contributed by atoms with Crippen molar-refractivity contribution in [2.24, 2.45) is 0 Å². The lowest BCUT2D eigenvalue weighted by atomic mass is 9.86. The van der Waals surface area contributed by atoms with Crippen LogP contribution >= 0.6 is 0 Å². The van der Waals surface area contributed by atoms with Crippen LogP contribution in [0.4, 0.5) is 0 Å². The average molecular weight is 254 g/mol. The van der Waals surface area contributed by atoms with Crippen molar-refractivity contribution in [3.63, 3.8) is 0 Å². The van der Waals surface area contributed by atoms with E-state index in [2.05, 4.69) is 32.9 Å². The molecule has 0 amide bonds. The molecule has 0 bridgehead atoms. The van der Waals surface area contributed by atoms with E-state index in [1.165, 1.54) is 11.1 Å². The third-order valence-electron chi connectivity index (χ3n) is 3.49. The van der Waals surface area contributed by atoms with Gasteiger partial charge in [0.15, 0.2) is 0 Å². The second-order valence-electron chi connectivity index (χ2n) is 6.19. The highest BCUT2D eigenvalue weighted by molar-refractivity contribution is 5.34. The van der Waals surface area contributed by atoms with E-state index in [-0.39, 0.29) is 5.41 Å². The Balaban J connectivity index is 2.25. The number of rotatable bonds is 2. The zero-order valence-electron chi connectivity index (χ0n) is 12.1. The highest BCUT2D eigenvalue weighted by Gasteiger charge is 2.15. The second kappa shape index (κ2) is 5.18. The Morgan fingerprint density at radius 1 is 0.789 bits per heavy atom. The number of hydrogen-bond acceptors (Lipinski definition) is 1. The van der Waals surface area contributed by atoms with Gasteiger partial charge >= 0.3 is 0 Å². The van der Waals surface area contributed by atoms with Crippen molar-refractivity contribution in [1.29, 1.82) is 0 Å². The van der Waals surface area contributed by atoms with Gasteiger partial charge in [-0.1, -0.05) is 74.9 Å². The van der Waals surface area contributed by atoms with Gasteiger partial charge in [-0.3, -0.25) is 0 Å². The van der Waals surface area contributed by atoms with E-state index in [4.69, 9.17) is 0 Å². The third kappa shape index (κ3) is 3.24. The average Bonchev–Trinajstić information content (AvgIpc) is 2.38. The van der Waals surface area contributed by atoms with Crippen molar-refractivity contribution in [1.82, 2.24) is 0 Å². The summed E-state index contributed by atoms with van der Waals surface area (Å²) in [4.78, 5) is 0. The van der Waals surface area contributed by atoms with Crippen LogP contribution in [0.2, 0.25) is 0 Å². The van der Waals surface area contributed by atoms with Gasteiger partial charge in [0, 0.05) is 0 Å². The predicted molar refractivity (Wildman–Crippen MR) is 80.4 cm³/mol. The molecule has 0 saturated heterocycles. The molecule has 0 fully saturated rings. The summed E-state index contributed by atoms with van der Waals surface area (Å²) in [7, 11) is 0. The molecule has 0 radical (unpaired) electrons. The Bertz CT molecular complexity index is 529. The molecule has 0 aliphatic carbocycles. The zero-order chi connectivity index (χ0) is 14.0. The van der Waals surface area contributed by atoms with Crippen LogP contribution in [0.5, 0.6) is 0 Å². The highest BCUT2D eigenvalue weighted by atomic mass is 16.3. The molecule has 0 heterocycles. The van der Waals surface area contributed by atoms with Crippen LogP contribution in [0.3, 0.4) is 0 Å². The first-order valence-electron chi connectivity index (χ1n) is 6.73. The molecule has 19 heavy (non-hydrogen) atoms. The fourth-order valence-electron chi connectivity index (χ4n) is 2.11. The molecule has 1 N–H and O–H groups in total. The van der Waals surface area contributed by atoms with Crippen molar-refractivity contribution in [2.75, 3.05) is 0 Å². The summed E-state index contributed by atoms with van der Waals surface area (Å²) in [6, 6.07) is 16.3. The zero-order valence-corrected chi connectivity index (χ0v) is 12.1. The van der Waals surface area contributed by atoms with Crippen LogP contribution in [-0.4, -0.2) is 5.11 Å². The maximum Gasteiger partial charge on any atom is 0.104 e. The van der Waals surface area contributed by atoms with E-state index in [0.29, 0.717) is 0 Å². The molecule has 0 spiro atoms. The minimum atomic E-state index is -0.547. The molecule has 2 aromatic carbocycles. The summed E-state index contributed by atoms with van der Waals surface area (Å²) in [5.41, 5.74) is 4.52. The van der Waals surface area contributed by atoms with E-state index >= 15 is 0 Å². The molecular weight excluding hydrogens is 232 g/mol. The first-order chi connectivity index (χ1) is 8.88. The quantitative estimate of drug-likeness (QED) is 0.843. The molecule has 0 aromatic heterocycles. The molecule has 0 saturated carbocycles. The van der Waals surface area contributed by atoms with Crippen LogP contribution in [0.25, 0.3) is 0 Å². The standard InChI is InChI=1S/C18H22O/c1-13-5-7-14(8-6-13)17(19)15-9-11-16(12-10-15)18(2,3)4/h5-12,17,19H,1-4H3/t17-/m0/s1. The van der Waals surface area contributed by atoms with Gasteiger partial charge in [0.05, 0.1) is 0 Å². The van der Waals surface area contributed by atoms with Crippen LogP contribution in [0.15, 0.2) is 48.5 Å². The van der Waals surface area contributed by atoms with Crippen LogP contribution in [0, 0.1) is 6.92 Å². The molecule has 1 heteroatoms. The molecule has 0 aliphatic rings. The molecule has 100 valence electrons. The van der Waals surface area contributed by atoms with Crippen molar-refractivity contribution in [2.45, 2.75) is 39.2 Å². The molecule has 1 atom stereocenters. The van der Waals surface area contributed by atoms with Gasteiger partial charge in [0.1, 0.15) is 6.10 Å². The normalized spacial score (nSPS) is 13.3. The van der Waals surface area contributed by atoms with Gasteiger partial charge in [-0.15, -0.1) is 0 Å². The van der Waals surface area contributed by atoms with E-state index < -0.39 is 6.10 Å². The summed E-state index contributed by atoms with van der Waals surface area (Å²) in [5, 5.41) is 10.4. The first-order valence-corrected chi connectivity index (χ1v) is 6.73. The van der Waals surface area contributed by atoms with E-state index in [0.717, 1.165) is 11.1 Å². The van der Waals surface area contributed by atoms with E-state index in [1.54, 1.807) is 0 Å². The maximum atomic E-state index is 10.4. The van der Waals surface area contributed by atoms with Crippen LogP contribution in [0.1, 0.15) is 49.1 Å². The summed E-state index contributed by atoms with van der Waals surface area (Å²) in [5.74, 6) is 0. The summed E-state index contributed by atoms with van der Waals surface area (Å²) >= 11 is 0. The lowest BCUT2D eigenvalue weighted by Gasteiger charge is -2.20. The monoisotopic (exact) mass is 254 g/mol. The Morgan fingerprint density at radius 3 is 1.63 bits per heavy atom. The summed E-state index contributed by atoms with van der Waals surface area (Å²) < 4.78 is 0. The van der Waals surface area contributed by atoms with E-state index in [9.17, 15) is 5.11 Å². The summed E-state index contributed by atoms with van der Waals surface area (Å²) in [6.45, 7) is 8.63. The number of benzene rings is 2. The van der Waals surface area contributed by atoms with Gasteiger partial charge in [0.25, 0.3) is 0 Å². The maximum absolute atomic E-state index is 10.4. The topological polar surface area (TPSA) is 20.2 Å². The number of aliphatic hydroxyl groups excluding tert-OH is 1.